The molecule has 0 amide bonds. The summed E-state index contributed by atoms with van der Waals surface area (Å²) in [6.45, 7) is 4.15. The smallest absolute Gasteiger partial charge is 0.250 e. The summed E-state index contributed by atoms with van der Waals surface area (Å²) in [5.41, 5.74) is 0.827. The minimum Gasteiger partial charge on any atom is -0.391 e. The predicted octanol–water partition coefficient (Wildman–Crippen LogP) is 0.779. The molecule has 1 atom stereocenters. The van der Waals surface area contributed by atoms with Gasteiger partial charge >= 0.3 is 0 Å². The fourth-order valence-electron chi connectivity index (χ4n) is 2.27. The maximum Gasteiger partial charge on any atom is 0.250 e. The summed E-state index contributed by atoms with van der Waals surface area (Å²) in [5, 5.41) is 9.12. The van der Waals surface area contributed by atoms with Crippen molar-refractivity contribution in [2.24, 2.45) is 5.92 Å². The molecule has 0 spiro atoms. The van der Waals surface area contributed by atoms with Gasteiger partial charge in [0.15, 0.2) is 0 Å². The molecule has 0 radical (unpaired) electrons. The number of aliphatic hydroxyl groups is 1. The minimum absolute atomic E-state index is 0.112. The van der Waals surface area contributed by atoms with Crippen LogP contribution in [0.15, 0.2) is 10.3 Å². The topological polar surface area (TPSA) is 69.6 Å². The molecule has 0 bridgehead atoms. The first kappa shape index (κ1) is 14.9. The average Bonchev–Trinajstić information content (AvgIpc) is 2.93. The highest BCUT2D eigenvalue weighted by Gasteiger charge is 2.23. The second kappa shape index (κ2) is 5.88. The minimum atomic E-state index is -3.44. The molecule has 1 aromatic rings. The third-order valence-electron chi connectivity index (χ3n) is 3.46. The Morgan fingerprint density at radius 2 is 2.32 bits per heavy atom. The molecule has 1 aromatic heterocycles. The van der Waals surface area contributed by atoms with E-state index in [-0.39, 0.29) is 6.61 Å². The van der Waals surface area contributed by atoms with Crippen LogP contribution < -0.4 is 4.72 Å². The molecule has 2 rings (SSSR count). The number of aryl methyl sites for hydroxylation is 1. The van der Waals surface area contributed by atoms with Gasteiger partial charge in [-0.15, -0.1) is 11.3 Å². The zero-order valence-electron chi connectivity index (χ0n) is 11.2. The molecule has 0 aliphatic carbocycles. The van der Waals surface area contributed by atoms with Crippen LogP contribution >= 0.6 is 11.3 Å². The van der Waals surface area contributed by atoms with Gasteiger partial charge in [-0.05, 0) is 44.5 Å². The van der Waals surface area contributed by atoms with Crippen molar-refractivity contribution in [3.05, 3.63) is 16.5 Å². The number of sulfonamides is 1. The fourth-order valence-corrected chi connectivity index (χ4v) is 4.88. The molecule has 2 heterocycles. The molecule has 5 nitrogen and oxygen atoms in total. The summed E-state index contributed by atoms with van der Waals surface area (Å²) in [6, 6.07) is 1.62. The van der Waals surface area contributed by atoms with Crippen LogP contribution in [-0.2, 0) is 16.6 Å². The molecular formula is C12H20N2O3S2. The van der Waals surface area contributed by atoms with Gasteiger partial charge in [-0.2, -0.15) is 0 Å². The highest BCUT2D eigenvalue weighted by molar-refractivity contribution is 7.91. The molecule has 1 unspecified atom stereocenters. The Kier molecular flexibility index (Phi) is 4.62. The molecule has 1 aliphatic heterocycles. The van der Waals surface area contributed by atoms with Crippen LogP contribution in [0.25, 0.3) is 0 Å². The molecule has 0 saturated carbocycles. The second-order valence-corrected chi connectivity index (χ2v) is 8.23. The number of hydrogen-bond acceptors (Lipinski definition) is 5. The van der Waals surface area contributed by atoms with E-state index < -0.39 is 10.0 Å². The number of rotatable bonds is 5. The van der Waals surface area contributed by atoms with E-state index in [0.717, 1.165) is 36.4 Å². The van der Waals surface area contributed by atoms with Crippen LogP contribution in [0, 0.1) is 12.8 Å². The van der Waals surface area contributed by atoms with Crippen molar-refractivity contribution in [2.45, 2.75) is 24.2 Å². The van der Waals surface area contributed by atoms with Crippen LogP contribution in [-0.4, -0.2) is 45.1 Å². The molecule has 1 aliphatic rings. The van der Waals surface area contributed by atoms with Gasteiger partial charge in [-0.25, -0.2) is 13.1 Å². The molecule has 1 fully saturated rings. The largest absolute Gasteiger partial charge is 0.391 e. The summed E-state index contributed by atoms with van der Waals surface area (Å²) in [7, 11) is -1.39. The molecule has 7 heteroatoms. The Labute approximate surface area is 118 Å². The van der Waals surface area contributed by atoms with E-state index in [1.165, 1.54) is 0 Å². The zero-order valence-corrected chi connectivity index (χ0v) is 12.9. The van der Waals surface area contributed by atoms with Gasteiger partial charge < -0.3 is 10.0 Å². The maximum atomic E-state index is 12.2. The van der Waals surface area contributed by atoms with E-state index in [4.69, 9.17) is 5.11 Å². The van der Waals surface area contributed by atoms with Gasteiger partial charge in [0, 0.05) is 18.0 Å². The van der Waals surface area contributed by atoms with E-state index in [1.54, 1.807) is 6.07 Å². The van der Waals surface area contributed by atoms with Crippen molar-refractivity contribution in [3.8, 4) is 0 Å². The molecular weight excluding hydrogens is 284 g/mol. The van der Waals surface area contributed by atoms with Crippen LogP contribution in [0.4, 0.5) is 0 Å². The first-order valence-electron chi connectivity index (χ1n) is 6.30. The van der Waals surface area contributed by atoms with E-state index in [2.05, 4.69) is 9.62 Å². The van der Waals surface area contributed by atoms with Crippen LogP contribution in [0.3, 0.4) is 0 Å². The molecule has 0 aromatic carbocycles. The highest BCUT2D eigenvalue weighted by atomic mass is 32.2. The van der Waals surface area contributed by atoms with E-state index in [0.29, 0.717) is 21.5 Å². The van der Waals surface area contributed by atoms with E-state index in [9.17, 15) is 8.42 Å². The van der Waals surface area contributed by atoms with Gasteiger partial charge in [-0.3, -0.25) is 0 Å². The van der Waals surface area contributed by atoms with E-state index >= 15 is 0 Å². The summed E-state index contributed by atoms with van der Waals surface area (Å²) in [4.78, 5) is 2.92. The van der Waals surface area contributed by atoms with E-state index in [1.807, 2.05) is 14.0 Å². The molecule has 19 heavy (non-hydrogen) atoms. The fraction of sp³-hybridized carbons (Fsp3) is 0.667. The van der Waals surface area contributed by atoms with Gasteiger partial charge in [0.1, 0.15) is 4.21 Å². The quantitative estimate of drug-likeness (QED) is 0.843. The van der Waals surface area contributed by atoms with Crippen molar-refractivity contribution >= 4 is 21.4 Å². The Morgan fingerprint density at radius 3 is 2.84 bits per heavy atom. The lowest BCUT2D eigenvalue weighted by Crippen LogP contribution is -2.30. The van der Waals surface area contributed by atoms with Gasteiger partial charge in [-0.1, -0.05) is 0 Å². The third-order valence-corrected chi connectivity index (χ3v) is 6.58. The lowest BCUT2D eigenvalue weighted by molar-refractivity contribution is 0.285. The number of nitrogens with one attached hydrogen (secondary N) is 1. The first-order valence-corrected chi connectivity index (χ1v) is 8.60. The summed E-state index contributed by atoms with van der Waals surface area (Å²) < 4.78 is 27.3. The Hall–Kier alpha value is -0.470. The molecule has 1 saturated heterocycles. The SMILES string of the molecule is Cc1cc(S(=O)(=O)NCC2CCN(C)C2)sc1CO. The lowest BCUT2D eigenvalue weighted by Gasteiger charge is -2.11. The van der Waals surface area contributed by atoms with Crippen LogP contribution in [0.5, 0.6) is 0 Å². The average molecular weight is 304 g/mol. The number of hydrogen-bond donors (Lipinski definition) is 2. The Morgan fingerprint density at radius 1 is 1.58 bits per heavy atom. The van der Waals surface area contributed by atoms with Gasteiger partial charge in [0.05, 0.1) is 6.61 Å². The van der Waals surface area contributed by atoms with Crippen molar-refractivity contribution in [1.29, 1.82) is 0 Å². The summed E-state index contributed by atoms with van der Waals surface area (Å²) in [6.07, 6.45) is 1.03. The predicted molar refractivity (Wildman–Crippen MR) is 75.8 cm³/mol. The van der Waals surface area contributed by atoms with Crippen molar-refractivity contribution < 1.29 is 13.5 Å². The molecule has 2 N–H and O–H groups in total. The third kappa shape index (κ3) is 3.55. The lowest BCUT2D eigenvalue weighted by atomic mass is 10.1. The number of aliphatic hydroxyl groups excluding tert-OH is 1. The maximum absolute atomic E-state index is 12.2. The monoisotopic (exact) mass is 304 g/mol. The number of likely N-dealkylation sites (tertiary alicyclic amines) is 1. The van der Waals surface area contributed by atoms with Crippen molar-refractivity contribution in [2.75, 3.05) is 26.7 Å². The molecule has 108 valence electrons. The summed E-state index contributed by atoms with van der Waals surface area (Å²) in [5.74, 6) is 0.387. The first-order chi connectivity index (χ1) is 8.92. The van der Waals surface area contributed by atoms with Crippen LogP contribution in [0.2, 0.25) is 0 Å². The number of nitrogens with zero attached hydrogens (tertiary/aromatic N) is 1. The van der Waals surface area contributed by atoms with Crippen molar-refractivity contribution in [3.63, 3.8) is 0 Å². The highest BCUT2D eigenvalue weighted by Crippen LogP contribution is 2.26. The normalized spacial score (nSPS) is 21.1. The Balaban J connectivity index is 2.01. The standard InChI is InChI=1S/C12H20N2O3S2/c1-9-5-12(18-11(9)8-15)19(16,17)13-6-10-3-4-14(2)7-10/h5,10,13,15H,3-4,6-8H2,1-2H3. The van der Waals surface area contributed by atoms with Gasteiger partial charge in [0.2, 0.25) is 10.0 Å². The van der Waals surface area contributed by atoms with Crippen molar-refractivity contribution in [1.82, 2.24) is 9.62 Å². The van der Waals surface area contributed by atoms with Crippen LogP contribution in [0.1, 0.15) is 16.9 Å². The number of thiophene rings is 1. The van der Waals surface area contributed by atoms with Gasteiger partial charge in [0.25, 0.3) is 0 Å². The summed E-state index contributed by atoms with van der Waals surface area (Å²) >= 11 is 1.14. The zero-order chi connectivity index (χ0) is 14.0. The second-order valence-electron chi connectivity index (χ2n) is 5.10. The Bertz CT molecular complexity index is 539.